The number of hydrogen-bond donors (Lipinski definition) is 1. The molecule has 0 bridgehead atoms. The summed E-state index contributed by atoms with van der Waals surface area (Å²) >= 11 is 0. The van der Waals surface area contributed by atoms with Crippen LogP contribution in [0.2, 0.25) is 0 Å². The highest BCUT2D eigenvalue weighted by Crippen LogP contribution is 2.25. The molecule has 2 amide bonds. The van der Waals surface area contributed by atoms with Gasteiger partial charge in [0.05, 0.1) is 10.6 Å². The van der Waals surface area contributed by atoms with Crippen molar-refractivity contribution in [1.82, 2.24) is 10.2 Å². The molecule has 0 heterocycles. The van der Waals surface area contributed by atoms with Crippen LogP contribution in [-0.4, -0.2) is 43.8 Å². The topological polar surface area (TPSA) is 86.8 Å². The Kier molecular flexibility index (Phi) is 9.69. The Morgan fingerprint density at radius 3 is 1.92 bits per heavy atom. The molecule has 0 radical (unpaired) electrons. The molecular weight excluding hydrogens is 498 g/mol. The first-order valence-corrected chi connectivity index (χ1v) is 14.3. The fourth-order valence-corrected chi connectivity index (χ4v) is 5.57. The summed E-state index contributed by atoms with van der Waals surface area (Å²) in [5.74, 6) is -0.731. The number of hydrogen-bond acceptors (Lipinski definition) is 4. The first kappa shape index (κ1) is 28.9. The van der Waals surface area contributed by atoms with E-state index in [2.05, 4.69) is 5.32 Å². The van der Waals surface area contributed by atoms with Crippen LogP contribution in [0.5, 0.6) is 0 Å². The minimum atomic E-state index is -4.07. The molecule has 3 rings (SSSR count). The zero-order chi connectivity index (χ0) is 27.9. The molecule has 0 aliphatic rings. The van der Waals surface area contributed by atoms with Crippen molar-refractivity contribution in [3.63, 3.8) is 0 Å². The van der Waals surface area contributed by atoms with Gasteiger partial charge in [0.2, 0.25) is 11.8 Å². The number of amides is 2. The Labute approximate surface area is 226 Å². The number of carbonyl (C=O) groups is 2. The van der Waals surface area contributed by atoms with Gasteiger partial charge in [0.25, 0.3) is 10.0 Å². The number of sulfonamides is 1. The summed E-state index contributed by atoms with van der Waals surface area (Å²) in [4.78, 5) is 28.7. The zero-order valence-corrected chi connectivity index (χ0v) is 23.5. The average molecular weight is 536 g/mol. The van der Waals surface area contributed by atoms with Gasteiger partial charge in [0.1, 0.15) is 12.6 Å². The van der Waals surface area contributed by atoms with Crippen LogP contribution in [0.25, 0.3) is 0 Å². The van der Waals surface area contributed by atoms with Crippen LogP contribution in [-0.2, 0) is 26.2 Å². The van der Waals surface area contributed by atoms with Gasteiger partial charge in [0.15, 0.2) is 0 Å². The van der Waals surface area contributed by atoms with Gasteiger partial charge in [-0.1, -0.05) is 72.6 Å². The lowest BCUT2D eigenvalue weighted by atomic mass is 10.1. The molecule has 0 aliphatic carbocycles. The van der Waals surface area contributed by atoms with E-state index < -0.39 is 28.5 Å². The molecule has 1 atom stereocenters. The molecule has 3 aromatic rings. The molecule has 202 valence electrons. The zero-order valence-electron chi connectivity index (χ0n) is 22.7. The lowest BCUT2D eigenvalue weighted by Crippen LogP contribution is -2.53. The smallest absolute Gasteiger partial charge is 0.264 e. The average Bonchev–Trinajstić information content (AvgIpc) is 2.88. The Bertz CT molecular complexity index is 1320. The van der Waals surface area contributed by atoms with E-state index in [0.717, 1.165) is 21.0 Å². The van der Waals surface area contributed by atoms with Crippen molar-refractivity contribution in [3.05, 3.63) is 95.6 Å². The molecule has 8 heteroatoms. The van der Waals surface area contributed by atoms with E-state index in [1.165, 1.54) is 4.90 Å². The quantitative estimate of drug-likeness (QED) is 0.381. The van der Waals surface area contributed by atoms with Crippen LogP contribution in [0, 0.1) is 13.8 Å². The number of rotatable bonds is 11. The molecular formula is C30H37N3O4S. The van der Waals surface area contributed by atoms with Crippen LogP contribution in [0.15, 0.2) is 83.8 Å². The molecule has 38 heavy (non-hydrogen) atoms. The predicted octanol–water partition coefficient (Wildman–Crippen LogP) is 4.83. The van der Waals surface area contributed by atoms with Gasteiger partial charge in [-0.15, -0.1) is 0 Å². The molecule has 0 saturated carbocycles. The van der Waals surface area contributed by atoms with Gasteiger partial charge >= 0.3 is 0 Å². The number of anilines is 1. The predicted molar refractivity (Wildman–Crippen MR) is 151 cm³/mol. The van der Waals surface area contributed by atoms with Gasteiger partial charge in [-0.05, 0) is 63.9 Å². The summed E-state index contributed by atoms with van der Waals surface area (Å²) in [6.45, 7) is 9.09. The van der Waals surface area contributed by atoms with Crippen LogP contribution < -0.4 is 9.62 Å². The third-order valence-corrected chi connectivity index (χ3v) is 8.01. The Morgan fingerprint density at radius 2 is 1.39 bits per heavy atom. The summed E-state index contributed by atoms with van der Waals surface area (Å²) in [6.07, 6.45) is 0.381. The molecule has 0 unspecified atom stereocenters. The number of nitrogens with zero attached hydrogens (tertiary/aromatic N) is 2. The van der Waals surface area contributed by atoms with Crippen LogP contribution >= 0.6 is 0 Å². The van der Waals surface area contributed by atoms with Crippen molar-refractivity contribution >= 4 is 27.5 Å². The molecule has 0 saturated heterocycles. The van der Waals surface area contributed by atoms with Crippen LogP contribution in [0.4, 0.5) is 5.69 Å². The van der Waals surface area contributed by atoms with E-state index in [4.69, 9.17) is 0 Å². The molecule has 0 aliphatic heterocycles. The van der Waals surface area contributed by atoms with Gasteiger partial charge in [-0.25, -0.2) is 8.42 Å². The Balaban J connectivity index is 2.04. The van der Waals surface area contributed by atoms with E-state index >= 15 is 0 Å². The molecule has 3 aromatic carbocycles. The highest BCUT2D eigenvalue weighted by atomic mass is 32.2. The van der Waals surface area contributed by atoms with E-state index in [9.17, 15) is 18.0 Å². The van der Waals surface area contributed by atoms with Gasteiger partial charge in [0, 0.05) is 12.6 Å². The van der Waals surface area contributed by atoms with E-state index in [1.807, 2.05) is 77.1 Å². The van der Waals surface area contributed by atoms with Crippen molar-refractivity contribution in [2.24, 2.45) is 0 Å². The van der Waals surface area contributed by atoms with Crippen LogP contribution in [0.3, 0.4) is 0 Å². The maximum absolute atomic E-state index is 14.0. The normalized spacial score (nSPS) is 12.2. The second kappa shape index (κ2) is 12.7. The van der Waals surface area contributed by atoms with E-state index in [-0.39, 0.29) is 23.4 Å². The van der Waals surface area contributed by atoms with Crippen molar-refractivity contribution in [2.75, 3.05) is 10.8 Å². The second-order valence-electron chi connectivity index (χ2n) is 9.75. The Morgan fingerprint density at radius 1 is 0.842 bits per heavy atom. The molecule has 0 aromatic heterocycles. The first-order valence-electron chi connectivity index (χ1n) is 12.8. The van der Waals surface area contributed by atoms with E-state index in [0.29, 0.717) is 12.1 Å². The summed E-state index contributed by atoms with van der Waals surface area (Å²) in [7, 11) is -4.07. The van der Waals surface area contributed by atoms with Crippen molar-refractivity contribution in [2.45, 2.75) is 64.6 Å². The lowest BCUT2D eigenvalue weighted by Gasteiger charge is -2.33. The number of benzene rings is 3. The molecule has 7 nitrogen and oxygen atoms in total. The third-order valence-electron chi connectivity index (χ3n) is 6.22. The first-order chi connectivity index (χ1) is 18.0. The maximum Gasteiger partial charge on any atom is 0.264 e. The number of nitrogens with one attached hydrogen (secondary N) is 1. The minimum Gasteiger partial charge on any atom is -0.352 e. The highest BCUT2D eigenvalue weighted by molar-refractivity contribution is 7.92. The minimum absolute atomic E-state index is 0.0932. The SMILES string of the molecule is CC[C@H](C(=O)NC(C)C)N(Cc1ccccc1)C(=O)CN(c1ccc(C)cc1)S(=O)(=O)c1ccc(C)cc1. The Hall–Kier alpha value is -3.65. The molecule has 0 fully saturated rings. The highest BCUT2D eigenvalue weighted by Gasteiger charge is 2.33. The monoisotopic (exact) mass is 535 g/mol. The standard InChI is InChI=1S/C30H37N3O4S/c1-6-28(30(35)31-22(2)3)32(20-25-10-8-7-9-11-25)29(34)21-33(26-16-12-23(4)13-17-26)38(36,37)27-18-14-24(5)15-19-27/h7-19,22,28H,6,20-21H2,1-5H3,(H,31,35)/t28-/m1/s1. The lowest BCUT2D eigenvalue weighted by molar-refractivity contribution is -0.140. The molecule has 1 N–H and O–H groups in total. The number of carbonyl (C=O) groups excluding carboxylic acids is 2. The fourth-order valence-electron chi connectivity index (χ4n) is 4.16. The summed E-state index contributed by atoms with van der Waals surface area (Å²) in [5, 5.41) is 2.90. The van der Waals surface area contributed by atoms with Crippen molar-refractivity contribution in [3.8, 4) is 0 Å². The van der Waals surface area contributed by atoms with Crippen LogP contribution in [0.1, 0.15) is 43.9 Å². The summed E-state index contributed by atoms with van der Waals surface area (Å²) in [5.41, 5.74) is 3.12. The maximum atomic E-state index is 14.0. The largest absolute Gasteiger partial charge is 0.352 e. The van der Waals surface area contributed by atoms with Crippen molar-refractivity contribution in [1.29, 1.82) is 0 Å². The molecule has 0 spiro atoms. The van der Waals surface area contributed by atoms with Gasteiger partial charge in [-0.3, -0.25) is 13.9 Å². The van der Waals surface area contributed by atoms with Gasteiger partial charge < -0.3 is 10.2 Å². The number of aryl methyl sites for hydroxylation is 2. The fraction of sp³-hybridized carbons (Fsp3) is 0.333. The van der Waals surface area contributed by atoms with E-state index in [1.54, 1.807) is 36.4 Å². The summed E-state index contributed by atoms with van der Waals surface area (Å²) in [6, 6.07) is 22.1. The summed E-state index contributed by atoms with van der Waals surface area (Å²) < 4.78 is 28.8. The van der Waals surface area contributed by atoms with Crippen molar-refractivity contribution < 1.29 is 18.0 Å². The second-order valence-corrected chi connectivity index (χ2v) is 11.6. The third kappa shape index (κ3) is 7.22. The van der Waals surface area contributed by atoms with Gasteiger partial charge in [-0.2, -0.15) is 0 Å².